The van der Waals surface area contributed by atoms with E-state index in [-0.39, 0.29) is 5.41 Å². The van der Waals surface area contributed by atoms with Crippen molar-refractivity contribution in [3.63, 3.8) is 0 Å². The van der Waals surface area contributed by atoms with Gasteiger partial charge in [-0.25, -0.2) is 0 Å². The van der Waals surface area contributed by atoms with Gasteiger partial charge in [-0.3, -0.25) is 0 Å². The van der Waals surface area contributed by atoms with Crippen molar-refractivity contribution in [2.24, 2.45) is 0 Å². The van der Waals surface area contributed by atoms with E-state index in [1.807, 2.05) is 0 Å². The summed E-state index contributed by atoms with van der Waals surface area (Å²) in [7, 11) is 0. The molecule has 0 saturated heterocycles. The molecule has 1 heterocycles. The van der Waals surface area contributed by atoms with Crippen molar-refractivity contribution in [2.45, 2.75) is 19.3 Å². The molecule has 0 spiro atoms. The lowest BCUT2D eigenvalue weighted by Crippen LogP contribution is -2.15. The third kappa shape index (κ3) is 3.67. The van der Waals surface area contributed by atoms with E-state index < -0.39 is 0 Å². The van der Waals surface area contributed by atoms with Crippen LogP contribution in [0.15, 0.2) is 164 Å². The van der Waals surface area contributed by atoms with E-state index >= 15 is 0 Å². The zero-order valence-corrected chi connectivity index (χ0v) is 28.0. The SMILES string of the molecule is CC1(C)c2cc(-c3ccc4ccccc4c3)ccc2-c2ccc(-n3c4ccccc4c4c5c6ccccc6ccc5c5ccccc5c43)cc21. The summed E-state index contributed by atoms with van der Waals surface area (Å²) in [6.07, 6.45) is 0. The molecule has 0 aliphatic heterocycles. The molecule has 0 amide bonds. The molecule has 10 aromatic rings. The fourth-order valence-corrected chi connectivity index (χ4v) is 9.12. The third-order valence-corrected chi connectivity index (χ3v) is 11.5. The molecule has 0 atom stereocenters. The third-order valence-electron chi connectivity index (χ3n) is 11.5. The minimum Gasteiger partial charge on any atom is -0.309 e. The van der Waals surface area contributed by atoms with Gasteiger partial charge in [0, 0.05) is 32.6 Å². The van der Waals surface area contributed by atoms with Crippen LogP contribution < -0.4 is 0 Å². The molecule has 0 unspecified atom stereocenters. The number of rotatable bonds is 2. The van der Waals surface area contributed by atoms with Gasteiger partial charge in [0.1, 0.15) is 0 Å². The fourth-order valence-electron chi connectivity index (χ4n) is 9.12. The topological polar surface area (TPSA) is 4.93 Å². The highest BCUT2D eigenvalue weighted by Gasteiger charge is 2.36. The highest BCUT2D eigenvalue weighted by molar-refractivity contribution is 6.36. The van der Waals surface area contributed by atoms with Gasteiger partial charge >= 0.3 is 0 Å². The Balaban J connectivity index is 1.17. The summed E-state index contributed by atoms with van der Waals surface area (Å²) in [5.41, 5.74) is 11.5. The molecule has 234 valence electrons. The van der Waals surface area contributed by atoms with E-state index in [2.05, 4.69) is 182 Å². The Morgan fingerprint density at radius 1 is 0.400 bits per heavy atom. The van der Waals surface area contributed by atoms with Crippen molar-refractivity contribution < 1.29 is 0 Å². The number of hydrogen-bond donors (Lipinski definition) is 0. The molecule has 50 heavy (non-hydrogen) atoms. The number of hydrogen-bond acceptors (Lipinski definition) is 0. The van der Waals surface area contributed by atoms with Crippen molar-refractivity contribution in [3.8, 4) is 27.9 Å². The van der Waals surface area contributed by atoms with Gasteiger partial charge in [0.25, 0.3) is 0 Å². The summed E-state index contributed by atoms with van der Waals surface area (Å²) in [5.74, 6) is 0. The highest BCUT2D eigenvalue weighted by atomic mass is 15.0. The smallest absolute Gasteiger partial charge is 0.0626 e. The Morgan fingerprint density at radius 2 is 1.00 bits per heavy atom. The Morgan fingerprint density at radius 3 is 1.84 bits per heavy atom. The molecule has 0 saturated carbocycles. The van der Waals surface area contributed by atoms with Crippen LogP contribution in [0.5, 0.6) is 0 Å². The van der Waals surface area contributed by atoms with E-state index in [0.29, 0.717) is 0 Å². The number of nitrogens with zero attached hydrogens (tertiary/aromatic N) is 1. The van der Waals surface area contributed by atoms with Crippen LogP contribution in [0.4, 0.5) is 0 Å². The van der Waals surface area contributed by atoms with Crippen LogP contribution in [0.2, 0.25) is 0 Å². The molecule has 11 rings (SSSR count). The van der Waals surface area contributed by atoms with Crippen LogP contribution in [0, 0.1) is 0 Å². The van der Waals surface area contributed by atoms with Gasteiger partial charge in [-0.05, 0) is 96.0 Å². The van der Waals surface area contributed by atoms with Crippen LogP contribution in [-0.2, 0) is 5.41 Å². The van der Waals surface area contributed by atoms with E-state index in [9.17, 15) is 0 Å². The first-order chi connectivity index (χ1) is 24.6. The Bertz CT molecular complexity index is 3060. The monoisotopic (exact) mass is 635 g/mol. The van der Waals surface area contributed by atoms with Gasteiger partial charge in [-0.2, -0.15) is 0 Å². The second kappa shape index (κ2) is 9.94. The van der Waals surface area contributed by atoms with Crippen molar-refractivity contribution in [1.82, 2.24) is 4.57 Å². The molecule has 0 radical (unpaired) electrons. The quantitative estimate of drug-likeness (QED) is 0.167. The average molecular weight is 636 g/mol. The van der Waals surface area contributed by atoms with Crippen LogP contribution >= 0.6 is 0 Å². The second-order valence-electron chi connectivity index (χ2n) is 14.5. The maximum Gasteiger partial charge on any atom is 0.0626 e. The molecular formula is C49H33N. The van der Waals surface area contributed by atoms with Gasteiger partial charge in [0.15, 0.2) is 0 Å². The summed E-state index contributed by atoms with van der Waals surface area (Å²) in [6.45, 7) is 4.79. The van der Waals surface area contributed by atoms with Crippen molar-refractivity contribution in [3.05, 3.63) is 175 Å². The highest BCUT2D eigenvalue weighted by Crippen LogP contribution is 2.51. The number of para-hydroxylation sites is 1. The zero-order chi connectivity index (χ0) is 33.1. The Labute approximate surface area is 290 Å². The van der Waals surface area contributed by atoms with Crippen LogP contribution in [0.1, 0.15) is 25.0 Å². The summed E-state index contributed by atoms with van der Waals surface area (Å²) >= 11 is 0. The molecule has 1 aliphatic rings. The van der Waals surface area contributed by atoms with Gasteiger partial charge in [0.2, 0.25) is 0 Å². The standard InChI is InChI=1S/C49H33N/c1-49(2)43-28-34(33-20-19-30-11-3-4-13-32(30)27-33)22-24-38(43)39-26-23-35(29-44(39)49)50-45-18-10-9-17-42(45)47-46-36-14-6-5-12-31(36)21-25-40(46)37-15-7-8-16-41(37)48(47)50/h3-29H,1-2H3. The Kier molecular flexibility index (Phi) is 5.51. The molecule has 1 nitrogen and oxygen atoms in total. The van der Waals surface area contributed by atoms with E-state index in [1.165, 1.54) is 104 Å². The molecule has 0 bridgehead atoms. The van der Waals surface area contributed by atoms with Gasteiger partial charge in [-0.1, -0.05) is 147 Å². The normalized spacial score (nSPS) is 13.6. The van der Waals surface area contributed by atoms with Crippen LogP contribution in [0.25, 0.3) is 92.8 Å². The maximum absolute atomic E-state index is 2.54. The lowest BCUT2D eigenvalue weighted by molar-refractivity contribution is 0.660. The van der Waals surface area contributed by atoms with Gasteiger partial charge in [-0.15, -0.1) is 0 Å². The first-order valence-corrected chi connectivity index (χ1v) is 17.6. The predicted molar refractivity (Wildman–Crippen MR) is 214 cm³/mol. The van der Waals surface area contributed by atoms with E-state index in [0.717, 1.165) is 0 Å². The first-order valence-electron chi connectivity index (χ1n) is 17.6. The zero-order valence-electron chi connectivity index (χ0n) is 28.0. The Hall–Kier alpha value is -6.18. The van der Waals surface area contributed by atoms with Gasteiger partial charge in [0.05, 0.1) is 11.0 Å². The number of fused-ring (bicyclic) bond motifs is 14. The molecule has 9 aromatic carbocycles. The molecule has 1 heteroatoms. The van der Waals surface area contributed by atoms with E-state index in [1.54, 1.807) is 0 Å². The van der Waals surface area contributed by atoms with Crippen molar-refractivity contribution >= 4 is 64.9 Å². The predicted octanol–water partition coefficient (Wildman–Crippen LogP) is 13.4. The van der Waals surface area contributed by atoms with Crippen LogP contribution in [0.3, 0.4) is 0 Å². The molecular weight excluding hydrogens is 603 g/mol. The fraction of sp³-hybridized carbons (Fsp3) is 0.0612. The lowest BCUT2D eigenvalue weighted by atomic mass is 9.81. The maximum atomic E-state index is 2.54. The second-order valence-corrected chi connectivity index (χ2v) is 14.5. The van der Waals surface area contributed by atoms with Gasteiger partial charge < -0.3 is 4.57 Å². The number of aromatic nitrogens is 1. The minimum atomic E-state index is -0.155. The largest absolute Gasteiger partial charge is 0.309 e. The molecule has 1 aliphatic carbocycles. The van der Waals surface area contributed by atoms with Crippen molar-refractivity contribution in [1.29, 1.82) is 0 Å². The molecule has 0 N–H and O–H groups in total. The summed E-state index contributed by atoms with van der Waals surface area (Å²) in [5, 5.41) is 13.0. The summed E-state index contributed by atoms with van der Waals surface area (Å²) < 4.78 is 2.54. The molecule has 1 aromatic heterocycles. The number of benzene rings is 9. The first kappa shape index (κ1) is 27.7. The van der Waals surface area contributed by atoms with E-state index in [4.69, 9.17) is 0 Å². The minimum absolute atomic E-state index is 0.155. The lowest BCUT2D eigenvalue weighted by Gasteiger charge is -2.23. The molecule has 0 fully saturated rings. The average Bonchev–Trinajstić information content (AvgIpc) is 3.63. The van der Waals surface area contributed by atoms with Crippen molar-refractivity contribution in [2.75, 3.05) is 0 Å². The van der Waals surface area contributed by atoms with Crippen LogP contribution in [-0.4, -0.2) is 4.57 Å². The summed E-state index contributed by atoms with van der Waals surface area (Å²) in [6, 6.07) is 61.1. The summed E-state index contributed by atoms with van der Waals surface area (Å²) in [4.78, 5) is 0.